The zero-order valence-electron chi connectivity index (χ0n) is 7.80. The zero-order chi connectivity index (χ0) is 10.6. The molecule has 1 aromatic rings. The summed E-state index contributed by atoms with van der Waals surface area (Å²) in [5.41, 5.74) is 6.68. The Kier molecular flexibility index (Phi) is 3.88. The Morgan fingerprint density at radius 3 is 2.21 bits per heavy atom. The molecule has 2 atom stereocenters. The first-order valence-electron chi connectivity index (χ1n) is 4.47. The van der Waals surface area contributed by atoms with Crippen LogP contribution in [-0.2, 0) is 0 Å². The maximum atomic E-state index is 9.61. The smallest absolute Gasteiger partial charge is 0.105 e. The second kappa shape index (κ2) is 4.95. The van der Waals surface area contributed by atoms with Crippen molar-refractivity contribution in [2.45, 2.75) is 18.6 Å². The van der Waals surface area contributed by atoms with Gasteiger partial charge in [-0.25, -0.2) is 0 Å². The number of hydrogen-bond acceptors (Lipinski definition) is 4. The molecule has 0 spiro atoms. The lowest BCUT2D eigenvalue weighted by Gasteiger charge is -2.17. The molecule has 0 amide bonds. The van der Waals surface area contributed by atoms with Gasteiger partial charge in [0.1, 0.15) is 6.10 Å². The highest BCUT2D eigenvalue weighted by molar-refractivity contribution is 5.39. The Morgan fingerprint density at radius 2 is 1.71 bits per heavy atom. The highest BCUT2D eigenvalue weighted by atomic mass is 16.3. The summed E-state index contributed by atoms with van der Waals surface area (Å²) in [4.78, 5) is 0. The van der Waals surface area contributed by atoms with Gasteiger partial charge in [-0.05, 0) is 24.1 Å². The summed E-state index contributed by atoms with van der Waals surface area (Å²) in [7, 11) is 0. The topological polar surface area (TPSA) is 86.7 Å². The second-order valence-corrected chi connectivity index (χ2v) is 3.19. The summed E-state index contributed by atoms with van der Waals surface area (Å²) in [5, 5.41) is 27.6. The van der Waals surface area contributed by atoms with Crippen LogP contribution in [0.15, 0.2) is 24.3 Å². The molecule has 0 heterocycles. The van der Waals surface area contributed by atoms with Crippen molar-refractivity contribution in [3.05, 3.63) is 29.8 Å². The van der Waals surface area contributed by atoms with Crippen LogP contribution in [-0.4, -0.2) is 28.0 Å². The van der Waals surface area contributed by atoms with Gasteiger partial charge in [0.15, 0.2) is 0 Å². The Morgan fingerprint density at radius 1 is 1.14 bits per heavy atom. The maximum Gasteiger partial charge on any atom is 0.105 e. The fraction of sp³-hybridized carbons (Fsp3) is 0.400. The van der Waals surface area contributed by atoms with Gasteiger partial charge >= 0.3 is 0 Å². The fourth-order valence-corrected chi connectivity index (χ4v) is 1.21. The van der Waals surface area contributed by atoms with E-state index < -0.39 is 12.2 Å². The van der Waals surface area contributed by atoms with E-state index in [2.05, 4.69) is 0 Å². The van der Waals surface area contributed by atoms with E-state index in [4.69, 9.17) is 10.8 Å². The molecule has 0 saturated heterocycles. The molecule has 0 saturated carbocycles. The summed E-state index contributed by atoms with van der Waals surface area (Å²) >= 11 is 0. The quantitative estimate of drug-likeness (QED) is 0.513. The van der Waals surface area contributed by atoms with Crippen molar-refractivity contribution in [1.29, 1.82) is 0 Å². The van der Waals surface area contributed by atoms with Crippen LogP contribution >= 0.6 is 0 Å². The van der Waals surface area contributed by atoms with Gasteiger partial charge in [-0.3, -0.25) is 0 Å². The van der Waals surface area contributed by atoms with E-state index in [0.29, 0.717) is 11.3 Å². The highest BCUT2D eigenvalue weighted by Crippen LogP contribution is 2.19. The van der Waals surface area contributed by atoms with Crippen molar-refractivity contribution in [2.24, 2.45) is 0 Å². The first-order valence-corrected chi connectivity index (χ1v) is 4.47. The average Bonchev–Trinajstić information content (AvgIpc) is 2.18. The van der Waals surface area contributed by atoms with E-state index in [1.54, 1.807) is 24.3 Å². The van der Waals surface area contributed by atoms with E-state index in [1.807, 2.05) is 0 Å². The first-order chi connectivity index (χ1) is 6.65. The fourth-order valence-electron chi connectivity index (χ4n) is 1.21. The normalized spacial score (nSPS) is 15.1. The van der Waals surface area contributed by atoms with Gasteiger partial charge in [0.2, 0.25) is 0 Å². The number of aliphatic hydroxyl groups excluding tert-OH is 3. The summed E-state index contributed by atoms with van der Waals surface area (Å²) in [6.45, 7) is -0.146. The molecule has 0 radical (unpaired) electrons. The Hall–Kier alpha value is -1.10. The van der Waals surface area contributed by atoms with Crippen molar-refractivity contribution in [3.8, 4) is 0 Å². The molecule has 1 rings (SSSR count). The molecular formula is C10H15NO3. The lowest BCUT2D eigenvalue weighted by Crippen LogP contribution is -2.19. The van der Waals surface area contributed by atoms with E-state index in [-0.39, 0.29) is 13.0 Å². The van der Waals surface area contributed by atoms with Crippen LogP contribution in [0.4, 0.5) is 5.69 Å². The minimum Gasteiger partial charge on any atom is -0.399 e. The molecule has 1 aromatic carbocycles. The van der Waals surface area contributed by atoms with E-state index >= 15 is 0 Å². The zero-order valence-corrected chi connectivity index (χ0v) is 7.80. The van der Waals surface area contributed by atoms with Crippen molar-refractivity contribution < 1.29 is 15.3 Å². The van der Waals surface area contributed by atoms with Crippen molar-refractivity contribution >= 4 is 5.69 Å². The minimum atomic E-state index is -0.970. The maximum absolute atomic E-state index is 9.61. The number of rotatable bonds is 4. The third-order valence-corrected chi connectivity index (χ3v) is 2.07. The molecule has 2 unspecified atom stereocenters. The van der Waals surface area contributed by atoms with Gasteiger partial charge in [0.05, 0.1) is 6.10 Å². The number of aliphatic hydroxyl groups is 3. The molecule has 0 aliphatic carbocycles. The number of nitrogen functional groups attached to an aromatic ring is 1. The molecule has 14 heavy (non-hydrogen) atoms. The lowest BCUT2D eigenvalue weighted by atomic mass is 10.0. The predicted molar refractivity (Wildman–Crippen MR) is 53.5 cm³/mol. The van der Waals surface area contributed by atoms with Gasteiger partial charge in [0, 0.05) is 12.3 Å². The molecular weight excluding hydrogens is 182 g/mol. The summed E-state index contributed by atoms with van der Waals surface area (Å²) in [6.07, 6.45) is -1.75. The average molecular weight is 197 g/mol. The van der Waals surface area contributed by atoms with Gasteiger partial charge in [-0.15, -0.1) is 0 Å². The molecule has 4 heteroatoms. The van der Waals surface area contributed by atoms with Gasteiger partial charge in [-0.1, -0.05) is 12.1 Å². The molecule has 5 N–H and O–H groups in total. The monoisotopic (exact) mass is 197 g/mol. The summed E-state index contributed by atoms with van der Waals surface area (Å²) in [6, 6.07) is 6.62. The summed E-state index contributed by atoms with van der Waals surface area (Å²) < 4.78 is 0. The molecule has 0 aliphatic heterocycles. The number of benzene rings is 1. The summed E-state index contributed by atoms with van der Waals surface area (Å²) in [5.74, 6) is 0. The van der Waals surface area contributed by atoms with Crippen molar-refractivity contribution in [3.63, 3.8) is 0 Å². The van der Waals surface area contributed by atoms with Crippen molar-refractivity contribution in [2.75, 3.05) is 12.3 Å². The van der Waals surface area contributed by atoms with Crippen LogP contribution in [0.3, 0.4) is 0 Å². The Labute approximate surface area is 82.6 Å². The van der Waals surface area contributed by atoms with E-state index in [0.717, 1.165) is 0 Å². The Balaban J connectivity index is 2.68. The van der Waals surface area contributed by atoms with Crippen LogP contribution in [0.2, 0.25) is 0 Å². The van der Waals surface area contributed by atoms with Gasteiger partial charge < -0.3 is 21.1 Å². The van der Waals surface area contributed by atoms with Crippen LogP contribution in [0.1, 0.15) is 18.1 Å². The molecule has 78 valence electrons. The van der Waals surface area contributed by atoms with Crippen LogP contribution in [0.25, 0.3) is 0 Å². The molecule has 0 aliphatic rings. The van der Waals surface area contributed by atoms with E-state index in [9.17, 15) is 10.2 Å². The predicted octanol–water partition coefficient (Wildman–Crippen LogP) is 0.0455. The standard InChI is InChI=1S/C10H15NO3/c11-8-3-1-7(2-4-8)10(14)9(13)5-6-12/h1-4,9-10,12-14H,5-6,11H2. The highest BCUT2D eigenvalue weighted by Gasteiger charge is 2.17. The van der Waals surface area contributed by atoms with Crippen LogP contribution in [0.5, 0.6) is 0 Å². The molecule has 0 fully saturated rings. The van der Waals surface area contributed by atoms with E-state index in [1.165, 1.54) is 0 Å². The van der Waals surface area contributed by atoms with Crippen LogP contribution in [0, 0.1) is 0 Å². The number of nitrogens with two attached hydrogens (primary N) is 1. The van der Waals surface area contributed by atoms with Crippen molar-refractivity contribution in [1.82, 2.24) is 0 Å². The second-order valence-electron chi connectivity index (χ2n) is 3.19. The number of hydrogen-bond donors (Lipinski definition) is 4. The minimum absolute atomic E-state index is 0.146. The Bertz CT molecular complexity index is 273. The van der Waals surface area contributed by atoms with Crippen LogP contribution < -0.4 is 5.73 Å². The van der Waals surface area contributed by atoms with Gasteiger partial charge in [0.25, 0.3) is 0 Å². The third-order valence-electron chi connectivity index (χ3n) is 2.07. The lowest BCUT2D eigenvalue weighted by molar-refractivity contribution is 0.00422. The first kappa shape index (κ1) is 11.0. The largest absolute Gasteiger partial charge is 0.399 e. The molecule has 0 bridgehead atoms. The molecule has 0 aromatic heterocycles. The SMILES string of the molecule is Nc1ccc(C(O)C(O)CCO)cc1. The number of anilines is 1. The third kappa shape index (κ3) is 2.70. The molecule has 4 nitrogen and oxygen atoms in total. The van der Waals surface area contributed by atoms with Gasteiger partial charge in [-0.2, -0.15) is 0 Å².